The molecule has 0 amide bonds. The van der Waals surface area contributed by atoms with Crippen LogP contribution in [-0.4, -0.2) is 18.6 Å². The highest BCUT2D eigenvalue weighted by atomic mass is 32.1. The van der Waals surface area contributed by atoms with Crippen LogP contribution < -0.4 is 10.2 Å². The third kappa shape index (κ3) is 3.53. The van der Waals surface area contributed by atoms with Crippen LogP contribution in [0.2, 0.25) is 0 Å². The Morgan fingerprint density at radius 1 is 1.37 bits per heavy atom. The molecule has 98 valence electrons. The lowest BCUT2D eigenvalue weighted by atomic mass is 10.3. The zero-order chi connectivity index (χ0) is 13.5. The van der Waals surface area contributed by atoms with E-state index in [2.05, 4.69) is 21.3 Å². The van der Waals surface area contributed by atoms with Crippen molar-refractivity contribution < 1.29 is 0 Å². The van der Waals surface area contributed by atoms with E-state index in [0.29, 0.717) is 13.0 Å². The molecule has 2 aromatic rings. The zero-order valence-electron chi connectivity index (χ0n) is 10.8. The van der Waals surface area contributed by atoms with Crippen molar-refractivity contribution >= 4 is 22.2 Å². The first-order chi connectivity index (χ1) is 9.35. The lowest BCUT2D eigenvalue weighted by molar-refractivity contribution is 0.795. The fourth-order valence-corrected chi connectivity index (χ4v) is 2.66. The second-order valence-corrected chi connectivity index (χ2v) is 4.88. The summed E-state index contributed by atoms with van der Waals surface area (Å²) in [5.74, 6) is 0. The maximum absolute atomic E-state index is 8.79. The van der Waals surface area contributed by atoms with Crippen molar-refractivity contribution in [3.63, 3.8) is 0 Å². The van der Waals surface area contributed by atoms with Crippen molar-refractivity contribution in [3.05, 3.63) is 41.4 Å². The highest BCUT2D eigenvalue weighted by molar-refractivity contribution is 7.13. The molecule has 0 aliphatic carbocycles. The van der Waals surface area contributed by atoms with Gasteiger partial charge < -0.3 is 10.2 Å². The molecule has 5 heteroatoms. The minimum atomic E-state index is 0.482. The molecule has 0 saturated heterocycles. The van der Waals surface area contributed by atoms with Gasteiger partial charge in [0.1, 0.15) is 0 Å². The molecule has 1 aromatic carbocycles. The van der Waals surface area contributed by atoms with Crippen molar-refractivity contribution in [2.24, 2.45) is 0 Å². The summed E-state index contributed by atoms with van der Waals surface area (Å²) in [5, 5.41) is 14.9. The van der Waals surface area contributed by atoms with Gasteiger partial charge in [-0.2, -0.15) is 5.26 Å². The van der Waals surface area contributed by atoms with Crippen LogP contribution in [0.4, 0.5) is 10.8 Å². The molecular formula is C14H16N4S. The van der Waals surface area contributed by atoms with Crippen molar-refractivity contribution in [1.29, 1.82) is 5.26 Å². The molecule has 19 heavy (non-hydrogen) atoms. The van der Waals surface area contributed by atoms with E-state index < -0.39 is 0 Å². The molecule has 0 spiro atoms. The number of aromatic nitrogens is 1. The van der Waals surface area contributed by atoms with Gasteiger partial charge in [-0.15, -0.1) is 11.3 Å². The second-order valence-electron chi connectivity index (χ2n) is 4.05. The average molecular weight is 272 g/mol. The Balaban J connectivity index is 2.24. The highest BCUT2D eigenvalue weighted by Crippen LogP contribution is 2.28. The number of nitrogens with one attached hydrogen (secondary N) is 1. The Kier molecular flexibility index (Phi) is 4.90. The van der Waals surface area contributed by atoms with Crippen LogP contribution in [0.1, 0.15) is 12.1 Å². The highest BCUT2D eigenvalue weighted by Gasteiger charge is 2.12. The van der Waals surface area contributed by atoms with Gasteiger partial charge in [-0.3, -0.25) is 0 Å². The molecule has 0 bridgehead atoms. The first-order valence-corrected chi connectivity index (χ1v) is 7.01. The average Bonchev–Trinajstić information content (AvgIpc) is 2.89. The van der Waals surface area contributed by atoms with E-state index in [1.807, 2.05) is 42.8 Å². The number of thiazole rings is 1. The minimum absolute atomic E-state index is 0.482. The Morgan fingerprint density at radius 2 is 2.16 bits per heavy atom. The lowest BCUT2D eigenvalue weighted by Crippen LogP contribution is -2.18. The summed E-state index contributed by atoms with van der Waals surface area (Å²) in [4.78, 5) is 6.69. The predicted octanol–water partition coefficient (Wildman–Crippen LogP) is 2.91. The van der Waals surface area contributed by atoms with Crippen molar-refractivity contribution in [2.75, 3.05) is 18.5 Å². The third-order valence-corrected chi connectivity index (χ3v) is 3.56. The smallest absolute Gasteiger partial charge is 0.190 e. The number of rotatable bonds is 6. The quantitative estimate of drug-likeness (QED) is 0.878. The first-order valence-electron chi connectivity index (χ1n) is 6.13. The molecule has 0 aliphatic heterocycles. The van der Waals surface area contributed by atoms with Gasteiger partial charge in [-0.1, -0.05) is 18.2 Å². The predicted molar refractivity (Wildman–Crippen MR) is 78.6 cm³/mol. The van der Waals surface area contributed by atoms with Gasteiger partial charge in [0.05, 0.1) is 18.2 Å². The van der Waals surface area contributed by atoms with E-state index >= 15 is 0 Å². The largest absolute Gasteiger partial charge is 0.317 e. The molecule has 0 aliphatic rings. The van der Waals surface area contributed by atoms with Crippen LogP contribution >= 0.6 is 11.3 Å². The molecule has 1 heterocycles. The van der Waals surface area contributed by atoms with Gasteiger partial charge in [-0.25, -0.2) is 4.98 Å². The van der Waals surface area contributed by atoms with Gasteiger partial charge in [0.25, 0.3) is 0 Å². The van der Waals surface area contributed by atoms with E-state index in [1.165, 1.54) is 0 Å². The van der Waals surface area contributed by atoms with Crippen LogP contribution in [0.3, 0.4) is 0 Å². The fourth-order valence-electron chi connectivity index (χ4n) is 1.79. The van der Waals surface area contributed by atoms with Crippen molar-refractivity contribution in [3.8, 4) is 6.07 Å². The molecular weight excluding hydrogens is 256 g/mol. The van der Waals surface area contributed by atoms with E-state index in [1.54, 1.807) is 11.3 Å². The Hall–Kier alpha value is -1.90. The molecule has 2 rings (SSSR count). The molecule has 0 fully saturated rings. The van der Waals surface area contributed by atoms with E-state index in [0.717, 1.165) is 23.1 Å². The van der Waals surface area contributed by atoms with Crippen LogP contribution in [0.15, 0.2) is 35.7 Å². The normalized spacial score (nSPS) is 10.1. The van der Waals surface area contributed by atoms with Crippen LogP contribution in [0, 0.1) is 11.3 Å². The third-order valence-electron chi connectivity index (χ3n) is 2.64. The molecule has 0 radical (unpaired) electrons. The van der Waals surface area contributed by atoms with Crippen molar-refractivity contribution in [1.82, 2.24) is 10.3 Å². The van der Waals surface area contributed by atoms with E-state index in [-0.39, 0.29) is 0 Å². The molecule has 4 nitrogen and oxygen atoms in total. The SMILES string of the molecule is CNCc1csc(N(CCC#N)c2ccccc2)n1. The second kappa shape index (κ2) is 6.88. The Labute approximate surface area is 117 Å². The summed E-state index contributed by atoms with van der Waals surface area (Å²) in [7, 11) is 1.91. The van der Waals surface area contributed by atoms with Crippen LogP contribution in [-0.2, 0) is 6.54 Å². The number of para-hydroxylation sites is 1. The standard InChI is InChI=1S/C14H16N4S/c1-16-10-12-11-19-14(17-12)18(9-5-8-15)13-6-3-2-4-7-13/h2-4,6-7,11,16H,5,9-10H2,1H3. The van der Waals surface area contributed by atoms with Crippen LogP contribution in [0.5, 0.6) is 0 Å². The Bertz CT molecular complexity index is 544. The van der Waals surface area contributed by atoms with Gasteiger partial charge >= 0.3 is 0 Å². The number of hydrogen-bond acceptors (Lipinski definition) is 5. The fraction of sp³-hybridized carbons (Fsp3) is 0.286. The Morgan fingerprint density at radius 3 is 2.84 bits per heavy atom. The first kappa shape index (κ1) is 13.5. The monoisotopic (exact) mass is 272 g/mol. The summed E-state index contributed by atoms with van der Waals surface area (Å²) < 4.78 is 0. The lowest BCUT2D eigenvalue weighted by Gasteiger charge is -2.20. The number of benzene rings is 1. The topological polar surface area (TPSA) is 52.0 Å². The molecule has 1 aromatic heterocycles. The van der Waals surface area contributed by atoms with Gasteiger partial charge in [0.2, 0.25) is 0 Å². The van der Waals surface area contributed by atoms with Crippen LogP contribution in [0.25, 0.3) is 0 Å². The number of nitrogens with zero attached hydrogens (tertiary/aromatic N) is 3. The number of nitriles is 1. The summed E-state index contributed by atoms with van der Waals surface area (Å²) in [6.07, 6.45) is 0.482. The zero-order valence-corrected chi connectivity index (χ0v) is 11.7. The summed E-state index contributed by atoms with van der Waals surface area (Å²) in [6.45, 7) is 1.42. The van der Waals surface area contributed by atoms with Gasteiger partial charge in [-0.05, 0) is 19.2 Å². The number of anilines is 2. The molecule has 0 saturated carbocycles. The minimum Gasteiger partial charge on any atom is -0.317 e. The summed E-state index contributed by atoms with van der Waals surface area (Å²) in [6, 6.07) is 12.2. The van der Waals surface area contributed by atoms with Gasteiger partial charge in [0.15, 0.2) is 5.13 Å². The maximum Gasteiger partial charge on any atom is 0.190 e. The van der Waals surface area contributed by atoms with Crippen molar-refractivity contribution in [2.45, 2.75) is 13.0 Å². The summed E-state index contributed by atoms with van der Waals surface area (Å²) >= 11 is 1.61. The molecule has 1 N–H and O–H groups in total. The van der Waals surface area contributed by atoms with E-state index in [4.69, 9.17) is 5.26 Å². The number of hydrogen-bond donors (Lipinski definition) is 1. The summed E-state index contributed by atoms with van der Waals surface area (Å²) in [5.41, 5.74) is 2.10. The molecule has 0 atom stereocenters. The maximum atomic E-state index is 8.79. The van der Waals surface area contributed by atoms with Gasteiger partial charge in [0, 0.05) is 24.2 Å². The van der Waals surface area contributed by atoms with E-state index in [9.17, 15) is 0 Å². The molecule has 0 unspecified atom stereocenters.